The maximum absolute atomic E-state index is 13.7. The molecule has 33 heavy (non-hydrogen) atoms. The summed E-state index contributed by atoms with van der Waals surface area (Å²) in [6, 6.07) is 16.7. The molecule has 4 rings (SSSR count). The molecule has 0 radical (unpaired) electrons. The lowest BCUT2D eigenvalue weighted by atomic mass is 9.94. The van der Waals surface area contributed by atoms with E-state index in [1.54, 1.807) is 12.1 Å². The molecule has 2 aromatic carbocycles. The number of piperazine rings is 1. The van der Waals surface area contributed by atoms with Crippen LogP contribution in [0.2, 0.25) is 0 Å². The topological polar surface area (TPSA) is 49.3 Å². The SMILES string of the molecule is CCC(C(=O)N1CCN(c2nc(C)nc(C)c2Cc2cccc(F)c2)CC1)c1ccccc1. The largest absolute Gasteiger partial charge is 0.353 e. The van der Waals surface area contributed by atoms with Crippen LogP contribution in [-0.2, 0) is 11.2 Å². The van der Waals surface area contributed by atoms with E-state index < -0.39 is 0 Å². The quantitative estimate of drug-likeness (QED) is 0.552. The summed E-state index contributed by atoms with van der Waals surface area (Å²) in [6.45, 7) is 8.68. The van der Waals surface area contributed by atoms with Crippen LogP contribution in [0.4, 0.5) is 10.2 Å². The predicted molar refractivity (Wildman–Crippen MR) is 129 cm³/mol. The summed E-state index contributed by atoms with van der Waals surface area (Å²) in [5.41, 5.74) is 3.90. The van der Waals surface area contributed by atoms with E-state index >= 15 is 0 Å². The van der Waals surface area contributed by atoms with Crippen molar-refractivity contribution < 1.29 is 9.18 Å². The van der Waals surface area contributed by atoms with Gasteiger partial charge in [-0.1, -0.05) is 49.4 Å². The molecule has 1 amide bonds. The van der Waals surface area contributed by atoms with Crippen LogP contribution in [0.3, 0.4) is 0 Å². The van der Waals surface area contributed by atoms with Crippen LogP contribution in [0.25, 0.3) is 0 Å². The van der Waals surface area contributed by atoms with Gasteiger partial charge in [0.05, 0.1) is 5.92 Å². The van der Waals surface area contributed by atoms with Gasteiger partial charge in [-0.2, -0.15) is 0 Å². The van der Waals surface area contributed by atoms with Crippen LogP contribution < -0.4 is 4.90 Å². The molecule has 1 atom stereocenters. The highest BCUT2D eigenvalue weighted by Crippen LogP contribution is 2.27. The first kappa shape index (κ1) is 22.9. The molecule has 1 aliphatic rings. The van der Waals surface area contributed by atoms with Crippen LogP contribution >= 0.6 is 0 Å². The van der Waals surface area contributed by atoms with E-state index in [0.29, 0.717) is 32.6 Å². The number of benzene rings is 2. The number of rotatable bonds is 6. The standard InChI is InChI=1S/C27H31FN4O/c1-4-24(22-10-6-5-7-11-22)27(33)32-15-13-31(14-16-32)26-25(19(2)29-20(3)30-26)18-21-9-8-12-23(28)17-21/h5-12,17,24H,4,13-16,18H2,1-3H3. The highest BCUT2D eigenvalue weighted by atomic mass is 19.1. The molecule has 0 saturated carbocycles. The number of aryl methyl sites for hydroxylation is 2. The molecule has 0 N–H and O–H groups in total. The van der Waals surface area contributed by atoms with Gasteiger partial charge < -0.3 is 9.80 Å². The van der Waals surface area contributed by atoms with Gasteiger partial charge in [0.1, 0.15) is 17.5 Å². The molecular weight excluding hydrogens is 415 g/mol. The van der Waals surface area contributed by atoms with Gasteiger partial charge in [0.2, 0.25) is 5.91 Å². The summed E-state index contributed by atoms with van der Waals surface area (Å²) in [5, 5.41) is 0. The minimum Gasteiger partial charge on any atom is -0.353 e. The third-order valence-corrected chi connectivity index (χ3v) is 6.37. The van der Waals surface area contributed by atoms with Crippen molar-refractivity contribution >= 4 is 11.7 Å². The van der Waals surface area contributed by atoms with Crippen molar-refractivity contribution in [1.29, 1.82) is 0 Å². The van der Waals surface area contributed by atoms with Crippen LogP contribution in [0.5, 0.6) is 0 Å². The molecule has 1 aromatic heterocycles. The Morgan fingerprint density at radius 2 is 1.73 bits per heavy atom. The van der Waals surface area contributed by atoms with Crippen LogP contribution in [0.1, 0.15) is 47.5 Å². The summed E-state index contributed by atoms with van der Waals surface area (Å²) in [5.74, 6) is 1.46. The lowest BCUT2D eigenvalue weighted by Crippen LogP contribution is -2.50. The van der Waals surface area contributed by atoms with Gasteiger partial charge in [0.15, 0.2) is 0 Å². The van der Waals surface area contributed by atoms with E-state index in [0.717, 1.165) is 40.4 Å². The number of nitrogens with zero attached hydrogens (tertiary/aromatic N) is 4. The van der Waals surface area contributed by atoms with Crippen LogP contribution in [0.15, 0.2) is 54.6 Å². The minimum absolute atomic E-state index is 0.107. The number of carbonyl (C=O) groups excluding carboxylic acids is 1. The van der Waals surface area contributed by atoms with Crippen molar-refractivity contribution in [3.8, 4) is 0 Å². The van der Waals surface area contributed by atoms with E-state index in [1.807, 2.05) is 55.1 Å². The number of aromatic nitrogens is 2. The van der Waals surface area contributed by atoms with Crippen molar-refractivity contribution in [3.63, 3.8) is 0 Å². The van der Waals surface area contributed by atoms with Gasteiger partial charge >= 0.3 is 0 Å². The Morgan fingerprint density at radius 1 is 1.00 bits per heavy atom. The number of carbonyl (C=O) groups is 1. The molecule has 5 nitrogen and oxygen atoms in total. The summed E-state index contributed by atoms with van der Waals surface area (Å²) in [6.07, 6.45) is 1.36. The molecule has 0 spiro atoms. The predicted octanol–water partition coefficient (Wildman–Crippen LogP) is 4.67. The fraction of sp³-hybridized carbons (Fsp3) is 0.370. The molecule has 6 heteroatoms. The molecule has 1 unspecified atom stereocenters. The minimum atomic E-state index is -0.240. The highest BCUT2D eigenvalue weighted by Gasteiger charge is 2.29. The number of hydrogen-bond acceptors (Lipinski definition) is 4. The Bertz CT molecular complexity index is 1110. The highest BCUT2D eigenvalue weighted by molar-refractivity contribution is 5.84. The zero-order valence-electron chi connectivity index (χ0n) is 19.6. The lowest BCUT2D eigenvalue weighted by Gasteiger charge is -2.38. The van der Waals surface area contributed by atoms with E-state index in [9.17, 15) is 9.18 Å². The molecule has 0 aliphatic carbocycles. The molecule has 172 valence electrons. The first-order valence-electron chi connectivity index (χ1n) is 11.6. The van der Waals surface area contributed by atoms with Gasteiger partial charge in [0.25, 0.3) is 0 Å². The number of halogens is 1. The smallest absolute Gasteiger partial charge is 0.230 e. The zero-order chi connectivity index (χ0) is 23.4. The van der Waals surface area contributed by atoms with E-state index in [-0.39, 0.29) is 17.6 Å². The van der Waals surface area contributed by atoms with Crippen molar-refractivity contribution in [2.45, 2.75) is 39.5 Å². The normalized spacial score (nSPS) is 14.9. The van der Waals surface area contributed by atoms with E-state index in [1.165, 1.54) is 6.07 Å². The fourth-order valence-corrected chi connectivity index (χ4v) is 4.63. The average Bonchev–Trinajstić information content (AvgIpc) is 2.82. The Hall–Kier alpha value is -3.28. The van der Waals surface area contributed by atoms with Crippen molar-refractivity contribution in [2.75, 3.05) is 31.1 Å². The van der Waals surface area contributed by atoms with E-state index in [2.05, 4.69) is 16.8 Å². The van der Waals surface area contributed by atoms with Gasteiger partial charge in [-0.05, 0) is 43.5 Å². The van der Waals surface area contributed by atoms with Gasteiger partial charge in [-0.3, -0.25) is 4.79 Å². The summed E-state index contributed by atoms with van der Waals surface area (Å²) in [4.78, 5) is 26.8. The number of hydrogen-bond donors (Lipinski definition) is 0. The second-order valence-electron chi connectivity index (χ2n) is 8.65. The third-order valence-electron chi connectivity index (χ3n) is 6.37. The van der Waals surface area contributed by atoms with E-state index in [4.69, 9.17) is 4.98 Å². The Labute approximate surface area is 195 Å². The van der Waals surface area contributed by atoms with Gasteiger partial charge in [-0.25, -0.2) is 14.4 Å². The fourth-order valence-electron chi connectivity index (χ4n) is 4.63. The summed E-state index contributed by atoms with van der Waals surface area (Å²) >= 11 is 0. The molecule has 1 aliphatic heterocycles. The molecular formula is C27H31FN4O. The Balaban J connectivity index is 1.51. The average molecular weight is 447 g/mol. The molecule has 2 heterocycles. The first-order chi connectivity index (χ1) is 16.0. The van der Waals surface area contributed by atoms with Crippen molar-refractivity contribution in [2.24, 2.45) is 0 Å². The van der Waals surface area contributed by atoms with Crippen LogP contribution in [0, 0.1) is 19.7 Å². The second kappa shape index (κ2) is 10.1. The monoisotopic (exact) mass is 446 g/mol. The summed E-state index contributed by atoms with van der Waals surface area (Å²) in [7, 11) is 0. The summed E-state index contributed by atoms with van der Waals surface area (Å²) < 4.78 is 13.7. The zero-order valence-corrected chi connectivity index (χ0v) is 19.6. The van der Waals surface area contributed by atoms with Gasteiger partial charge in [-0.15, -0.1) is 0 Å². The molecule has 3 aromatic rings. The third kappa shape index (κ3) is 5.21. The number of amides is 1. The molecule has 1 saturated heterocycles. The first-order valence-corrected chi connectivity index (χ1v) is 11.6. The van der Waals surface area contributed by atoms with Crippen molar-refractivity contribution in [1.82, 2.24) is 14.9 Å². The van der Waals surface area contributed by atoms with Crippen molar-refractivity contribution in [3.05, 3.63) is 88.6 Å². The molecule has 0 bridgehead atoms. The van der Waals surface area contributed by atoms with Crippen LogP contribution in [-0.4, -0.2) is 47.0 Å². The maximum Gasteiger partial charge on any atom is 0.230 e. The Morgan fingerprint density at radius 3 is 2.39 bits per heavy atom. The Kier molecular flexibility index (Phi) is 7.02. The lowest BCUT2D eigenvalue weighted by molar-refractivity contribution is -0.133. The van der Waals surface area contributed by atoms with Gasteiger partial charge in [0, 0.05) is 43.9 Å². The maximum atomic E-state index is 13.7. The number of anilines is 1. The molecule has 1 fully saturated rings. The second-order valence-corrected chi connectivity index (χ2v) is 8.65.